The maximum absolute atomic E-state index is 13.8. The molecule has 3 nitrogen and oxygen atoms in total. The molecule has 0 fully saturated rings. The zero-order chi connectivity index (χ0) is 11.5. The number of hydrogen-bond donors (Lipinski definition) is 1. The van der Waals surface area contributed by atoms with Gasteiger partial charge in [-0.3, -0.25) is 0 Å². The molecule has 0 bridgehead atoms. The molecule has 1 N–H and O–H groups in total. The Hall–Kier alpha value is -1.42. The lowest BCUT2D eigenvalue weighted by Crippen LogP contribution is -2.20. The van der Waals surface area contributed by atoms with Gasteiger partial charge >= 0.3 is 0 Å². The lowest BCUT2D eigenvalue weighted by molar-refractivity contribution is 0.367. The van der Waals surface area contributed by atoms with Crippen molar-refractivity contribution < 1.29 is 9.13 Å². The van der Waals surface area contributed by atoms with E-state index in [0.29, 0.717) is 5.56 Å². The van der Waals surface area contributed by atoms with E-state index < -0.39 is 0 Å². The molecule has 0 saturated carbocycles. The molecule has 4 heteroatoms. The molecule has 1 aliphatic heterocycles. The number of nitrogens with one attached hydrogen (secondary N) is 1. The fraction of sp³-hybridized carbons (Fsp3) is 0.417. The van der Waals surface area contributed by atoms with Gasteiger partial charge in [0, 0.05) is 18.3 Å². The highest BCUT2D eigenvalue weighted by Gasteiger charge is 2.15. The van der Waals surface area contributed by atoms with Crippen molar-refractivity contribution in [1.82, 2.24) is 10.3 Å². The van der Waals surface area contributed by atoms with Crippen LogP contribution >= 0.6 is 0 Å². The van der Waals surface area contributed by atoms with Crippen molar-refractivity contribution in [2.24, 2.45) is 0 Å². The summed E-state index contributed by atoms with van der Waals surface area (Å²) in [5.74, 6) is -0.296. The summed E-state index contributed by atoms with van der Waals surface area (Å²) in [5, 5.41) is 3.23. The van der Waals surface area contributed by atoms with Crippen LogP contribution in [0.5, 0.6) is 5.88 Å². The van der Waals surface area contributed by atoms with Crippen LogP contribution in [-0.2, 0) is 0 Å². The van der Waals surface area contributed by atoms with Crippen LogP contribution < -0.4 is 10.1 Å². The minimum atomic E-state index is -0.362. The van der Waals surface area contributed by atoms with Crippen molar-refractivity contribution in [3.63, 3.8) is 0 Å². The number of rotatable bonds is 2. The summed E-state index contributed by atoms with van der Waals surface area (Å²) in [6, 6.07) is 0. The Morgan fingerprint density at radius 1 is 1.50 bits per heavy atom. The molecule has 0 aliphatic carbocycles. The normalized spacial score (nSPS) is 15.8. The molecule has 0 atom stereocenters. The number of methoxy groups -OCH3 is 1. The van der Waals surface area contributed by atoms with E-state index in [-0.39, 0.29) is 11.7 Å². The molecular formula is C12H15FN2O. The zero-order valence-electron chi connectivity index (χ0n) is 9.51. The van der Waals surface area contributed by atoms with Gasteiger partial charge in [-0.15, -0.1) is 0 Å². The third-order valence-electron chi connectivity index (χ3n) is 2.84. The lowest BCUT2D eigenvalue weighted by atomic mass is 9.98. The number of ether oxygens (including phenoxy) is 1. The quantitative estimate of drug-likeness (QED) is 0.830. The molecule has 2 heterocycles. The number of pyridine rings is 1. The topological polar surface area (TPSA) is 34.1 Å². The van der Waals surface area contributed by atoms with Gasteiger partial charge in [-0.1, -0.05) is 6.08 Å². The van der Waals surface area contributed by atoms with Crippen molar-refractivity contribution in [2.45, 2.75) is 13.3 Å². The van der Waals surface area contributed by atoms with Crippen LogP contribution in [0.2, 0.25) is 0 Å². The molecule has 0 unspecified atom stereocenters. The van der Waals surface area contributed by atoms with E-state index >= 15 is 0 Å². The summed E-state index contributed by atoms with van der Waals surface area (Å²) in [6.45, 7) is 3.53. The summed E-state index contributed by atoms with van der Waals surface area (Å²) in [5.41, 5.74) is 2.66. The predicted molar refractivity (Wildman–Crippen MR) is 60.9 cm³/mol. The number of halogens is 1. The highest BCUT2D eigenvalue weighted by molar-refractivity contribution is 5.69. The van der Waals surface area contributed by atoms with E-state index in [4.69, 9.17) is 4.74 Å². The maximum atomic E-state index is 13.8. The number of aromatic nitrogens is 1. The van der Waals surface area contributed by atoms with Crippen LogP contribution in [-0.4, -0.2) is 25.2 Å². The third kappa shape index (κ3) is 1.93. The summed E-state index contributed by atoms with van der Waals surface area (Å²) < 4.78 is 18.6. The third-order valence-corrected chi connectivity index (χ3v) is 2.84. The second-order valence-electron chi connectivity index (χ2n) is 3.80. The Balaban J connectivity index is 2.42. The highest BCUT2D eigenvalue weighted by atomic mass is 19.1. The van der Waals surface area contributed by atoms with Crippen molar-refractivity contribution in [3.8, 4) is 5.88 Å². The van der Waals surface area contributed by atoms with Crippen LogP contribution in [0.15, 0.2) is 12.3 Å². The molecule has 0 amide bonds. The molecular weight excluding hydrogens is 207 g/mol. The van der Waals surface area contributed by atoms with Crippen molar-refractivity contribution in [3.05, 3.63) is 29.2 Å². The number of nitrogens with zero attached hydrogens (tertiary/aromatic N) is 1. The summed E-state index contributed by atoms with van der Waals surface area (Å²) in [6.07, 6.45) is 4.68. The predicted octanol–water partition coefficient (Wildman–Crippen LogP) is 1.91. The lowest BCUT2D eigenvalue weighted by Gasteiger charge is -2.16. The molecule has 16 heavy (non-hydrogen) atoms. The van der Waals surface area contributed by atoms with E-state index in [1.807, 2.05) is 0 Å². The van der Waals surface area contributed by atoms with E-state index in [1.165, 1.54) is 7.11 Å². The van der Waals surface area contributed by atoms with Crippen LogP contribution in [0.3, 0.4) is 0 Å². The van der Waals surface area contributed by atoms with E-state index in [2.05, 4.69) is 16.4 Å². The molecule has 2 rings (SSSR count). The van der Waals surface area contributed by atoms with Gasteiger partial charge in [0.1, 0.15) is 0 Å². The molecule has 0 aromatic carbocycles. The Kier molecular flexibility index (Phi) is 3.19. The van der Waals surface area contributed by atoms with Crippen molar-refractivity contribution in [2.75, 3.05) is 20.2 Å². The first-order valence-electron chi connectivity index (χ1n) is 5.33. The highest BCUT2D eigenvalue weighted by Crippen LogP contribution is 2.27. The molecule has 1 aromatic rings. The zero-order valence-corrected chi connectivity index (χ0v) is 9.51. The van der Waals surface area contributed by atoms with Gasteiger partial charge in [0.15, 0.2) is 5.82 Å². The van der Waals surface area contributed by atoms with Crippen LogP contribution in [0, 0.1) is 12.7 Å². The first-order valence-corrected chi connectivity index (χ1v) is 5.33. The second-order valence-corrected chi connectivity index (χ2v) is 3.80. The molecule has 1 aromatic heterocycles. The van der Waals surface area contributed by atoms with Crippen LogP contribution in [0.4, 0.5) is 4.39 Å². The Bertz CT molecular complexity index is 429. The molecule has 0 saturated heterocycles. The molecule has 86 valence electrons. The van der Waals surface area contributed by atoms with Gasteiger partial charge in [0.25, 0.3) is 0 Å². The van der Waals surface area contributed by atoms with Gasteiger partial charge < -0.3 is 10.1 Å². The maximum Gasteiger partial charge on any atom is 0.250 e. The molecule has 1 aliphatic rings. The van der Waals surface area contributed by atoms with E-state index in [9.17, 15) is 4.39 Å². The first kappa shape index (κ1) is 11.1. The monoisotopic (exact) mass is 222 g/mol. The van der Waals surface area contributed by atoms with Crippen LogP contribution in [0.25, 0.3) is 5.57 Å². The Morgan fingerprint density at radius 2 is 2.31 bits per heavy atom. The summed E-state index contributed by atoms with van der Waals surface area (Å²) in [7, 11) is 1.42. The van der Waals surface area contributed by atoms with Crippen molar-refractivity contribution in [1.29, 1.82) is 0 Å². The molecule has 0 spiro atoms. The standard InChI is InChI=1S/C12H15FN2O/c1-8-10(9-3-5-14-6-4-9)7-15-12(16-2)11(8)13/h3,7,14H,4-6H2,1-2H3. The Labute approximate surface area is 94.3 Å². The van der Waals surface area contributed by atoms with Gasteiger partial charge in [-0.05, 0) is 31.0 Å². The van der Waals surface area contributed by atoms with Gasteiger partial charge in [0.2, 0.25) is 5.88 Å². The Morgan fingerprint density at radius 3 is 2.94 bits per heavy atom. The number of hydrogen-bond acceptors (Lipinski definition) is 3. The minimum absolute atomic E-state index is 0.0655. The van der Waals surface area contributed by atoms with Gasteiger partial charge in [0.05, 0.1) is 7.11 Å². The molecule has 0 radical (unpaired) electrons. The van der Waals surface area contributed by atoms with Gasteiger partial charge in [-0.2, -0.15) is 0 Å². The summed E-state index contributed by atoms with van der Waals surface area (Å²) in [4.78, 5) is 3.97. The fourth-order valence-corrected chi connectivity index (χ4v) is 1.89. The SMILES string of the molecule is COc1ncc(C2=CCNCC2)c(C)c1F. The average molecular weight is 222 g/mol. The smallest absolute Gasteiger partial charge is 0.250 e. The summed E-state index contributed by atoms with van der Waals surface area (Å²) >= 11 is 0. The van der Waals surface area contributed by atoms with Crippen LogP contribution in [0.1, 0.15) is 17.5 Å². The van der Waals surface area contributed by atoms with Gasteiger partial charge in [-0.25, -0.2) is 9.37 Å². The average Bonchev–Trinajstić information content (AvgIpc) is 2.34. The fourth-order valence-electron chi connectivity index (χ4n) is 1.89. The van der Waals surface area contributed by atoms with Crippen molar-refractivity contribution >= 4 is 5.57 Å². The largest absolute Gasteiger partial charge is 0.479 e. The minimum Gasteiger partial charge on any atom is -0.479 e. The van der Waals surface area contributed by atoms with E-state index in [0.717, 1.165) is 30.6 Å². The second kappa shape index (κ2) is 4.61. The first-order chi connectivity index (χ1) is 7.74. The van der Waals surface area contributed by atoms with E-state index in [1.54, 1.807) is 13.1 Å².